The van der Waals surface area contributed by atoms with Crippen molar-refractivity contribution in [2.45, 2.75) is 13.2 Å². The predicted molar refractivity (Wildman–Crippen MR) is 69.2 cm³/mol. The van der Waals surface area contributed by atoms with Gasteiger partial charge in [-0.1, -0.05) is 48.5 Å². The SMILES string of the molecule is NOCc1ccccc1NCc1ccccc1. The van der Waals surface area contributed by atoms with Crippen LogP contribution < -0.4 is 11.2 Å². The number of para-hydroxylation sites is 1. The van der Waals surface area contributed by atoms with Crippen LogP contribution >= 0.6 is 0 Å². The van der Waals surface area contributed by atoms with Gasteiger partial charge in [0.25, 0.3) is 0 Å². The van der Waals surface area contributed by atoms with E-state index in [2.05, 4.69) is 22.3 Å². The Labute approximate surface area is 101 Å². The number of anilines is 1. The fourth-order valence-electron chi connectivity index (χ4n) is 1.70. The van der Waals surface area contributed by atoms with Gasteiger partial charge in [0.15, 0.2) is 0 Å². The summed E-state index contributed by atoms with van der Waals surface area (Å²) in [5.41, 5.74) is 3.36. The van der Waals surface area contributed by atoms with Gasteiger partial charge in [-0.25, -0.2) is 5.90 Å². The molecule has 0 saturated carbocycles. The van der Waals surface area contributed by atoms with Crippen molar-refractivity contribution in [1.82, 2.24) is 0 Å². The zero-order chi connectivity index (χ0) is 11.9. The average Bonchev–Trinajstić information content (AvgIpc) is 2.39. The molecule has 2 aromatic rings. The molecule has 0 aliphatic carbocycles. The van der Waals surface area contributed by atoms with E-state index < -0.39 is 0 Å². The van der Waals surface area contributed by atoms with Crippen molar-refractivity contribution in [3.8, 4) is 0 Å². The molecule has 88 valence electrons. The average molecular weight is 228 g/mol. The van der Waals surface area contributed by atoms with Crippen molar-refractivity contribution in [2.24, 2.45) is 5.90 Å². The number of rotatable bonds is 5. The molecule has 0 spiro atoms. The second-order valence-corrected chi connectivity index (χ2v) is 3.81. The molecular weight excluding hydrogens is 212 g/mol. The highest BCUT2D eigenvalue weighted by atomic mass is 16.6. The number of benzene rings is 2. The summed E-state index contributed by atoms with van der Waals surface area (Å²) in [6.07, 6.45) is 0. The summed E-state index contributed by atoms with van der Waals surface area (Å²) in [7, 11) is 0. The number of hydrogen-bond acceptors (Lipinski definition) is 3. The van der Waals surface area contributed by atoms with E-state index in [1.807, 2.05) is 42.5 Å². The molecule has 3 nitrogen and oxygen atoms in total. The van der Waals surface area contributed by atoms with E-state index in [9.17, 15) is 0 Å². The molecule has 2 rings (SSSR count). The van der Waals surface area contributed by atoms with Gasteiger partial charge in [-0.3, -0.25) is 4.84 Å². The van der Waals surface area contributed by atoms with Gasteiger partial charge in [-0.2, -0.15) is 0 Å². The zero-order valence-electron chi connectivity index (χ0n) is 9.60. The van der Waals surface area contributed by atoms with Crippen molar-refractivity contribution >= 4 is 5.69 Å². The Morgan fingerprint density at radius 2 is 1.65 bits per heavy atom. The molecular formula is C14H16N2O. The topological polar surface area (TPSA) is 47.3 Å². The summed E-state index contributed by atoms with van der Waals surface area (Å²) in [5, 5.41) is 3.38. The standard InChI is InChI=1S/C14H16N2O/c15-17-11-13-8-4-5-9-14(13)16-10-12-6-2-1-3-7-12/h1-9,16H,10-11,15H2. The lowest BCUT2D eigenvalue weighted by molar-refractivity contribution is 0.124. The Morgan fingerprint density at radius 1 is 0.941 bits per heavy atom. The number of nitrogens with one attached hydrogen (secondary N) is 1. The first-order chi connectivity index (χ1) is 8.40. The Hall–Kier alpha value is -1.84. The highest BCUT2D eigenvalue weighted by Gasteiger charge is 2.00. The van der Waals surface area contributed by atoms with Crippen LogP contribution in [0.4, 0.5) is 5.69 Å². The van der Waals surface area contributed by atoms with Crippen molar-refractivity contribution in [3.05, 3.63) is 65.7 Å². The minimum atomic E-state index is 0.415. The molecule has 0 bridgehead atoms. The lowest BCUT2D eigenvalue weighted by atomic mass is 10.1. The second kappa shape index (κ2) is 6.03. The Morgan fingerprint density at radius 3 is 2.41 bits per heavy atom. The molecule has 3 N–H and O–H groups in total. The summed E-state index contributed by atoms with van der Waals surface area (Å²) >= 11 is 0. The van der Waals surface area contributed by atoms with Gasteiger partial charge in [0.2, 0.25) is 0 Å². The molecule has 0 unspecified atom stereocenters. The predicted octanol–water partition coefficient (Wildman–Crippen LogP) is 2.69. The molecule has 0 saturated heterocycles. The van der Waals surface area contributed by atoms with Crippen LogP contribution in [0.15, 0.2) is 54.6 Å². The van der Waals surface area contributed by atoms with Crippen molar-refractivity contribution in [1.29, 1.82) is 0 Å². The molecule has 0 aromatic heterocycles. The molecule has 17 heavy (non-hydrogen) atoms. The summed E-state index contributed by atoms with van der Waals surface area (Å²) in [6.45, 7) is 1.21. The number of hydrogen-bond donors (Lipinski definition) is 2. The van der Waals surface area contributed by atoms with E-state index in [4.69, 9.17) is 5.90 Å². The van der Waals surface area contributed by atoms with Crippen LogP contribution in [0.3, 0.4) is 0 Å². The van der Waals surface area contributed by atoms with Gasteiger partial charge in [-0.15, -0.1) is 0 Å². The Balaban J connectivity index is 2.03. The first-order valence-electron chi connectivity index (χ1n) is 5.57. The van der Waals surface area contributed by atoms with E-state index in [0.717, 1.165) is 17.8 Å². The number of nitrogens with two attached hydrogens (primary N) is 1. The van der Waals surface area contributed by atoms with E-state index in [0.29, 0.717) is 6.61 Å². The van der Waals surface area contributed by atoms with Gasteiger partial charge >= 0.3 is 0 Å². The fraction of sp³-hybridized carbons (Fsp3) is 0.143. The Kier molecular flexibility index (Phi) is 4.13. The molecule has 2 aromatic carbocycles. The van der Waals surface area contributed by atoms with Crippen LogP contribution in [0.1, 0.15) is 11.1 Å². The molecule has 0 radical (unpaired) electrons. The highest BCUT2D eigenvalue weighted by molar-refractivity contribution is 5.51. The first kappa shape index (κ1) is 11.6. The van der Waals surface area contributed by atoms with Crippen LogP contribution in [0.2, 0.25) is 0 Å². The van der Waals surface area contributed by atoms with Crippen LogP contribution in [-0.2, 0) is 18.0 Å². The Bertz CT molecular complexity index is 457. The summed E-state index contributed by atoms with van der Waals surface area (Å²) in [5.74, 6) is 5.11. The largest absolute Gasteiger partial charge is 0.381 e. The quantitative estimate of drug-likeness (QED) is 0.773. The molecule has 0 aliphatic heterocycles. The van der Waals surface area contributed by atoms with Crippen molar-refractivity contribution < 1.29 is 4.84 Å². The van der Waals surface area contributed by atoms with Crippen LogP contribution in [-0.4, -0.2) is 0 Å². The first-order valence-corrected chi connectivity index (χ1v) is 5.57. The molecule has 0 fully saturated rings. The molecule has 0 atom stereocenters. The fourth-order valence-corrected chi connectivity index (χ4v) is 1.70. The maximum atomic E-state index is 5.11. The molecule has 0 aliphatic rings. The lowest BCUT2D eigenvalue weighted by Crippen LogP contribution is -2.05. The second-order valence-electron chi connectivity index (χ2n) is 3.81. The normalized spacial score (nSPS) is 10.2. The lowest BCUT2D eigenvalue weighted by Gasteiger charge is -2.11. The molecule has 0 amide bonds. The maximum absolute atomic E-state index is 5.11. The van der Waals surface area contributed by atoms with Gasteiger partial charge in [0.1, 0.15) is 0 Å². The maximum Gasteiger partial charge on any atom is 0.0949 e. The monoisotopic (exact) mass is 228 g/mol. The third kappa shape index (κ3) is 3.31. The van der Waals surface area contributed by atoms with Gasteiger partial charge in [0, 0.05) is 17.8 Å². The van der Waals surface area contributed by atoms with Gasteiger partial charge in [-0.05, 0) is 11.6 Å². The molecule has 0 heterocycles. The minimum absolute atomic E-state index is 0.415. The van der Waals surface area contributed by atoms with Crippen LogP contribution in [0, 0.1) is 0 Å². The van der Waals surface area contributed by atoms with Crippen LogP contribution in [0.5, 0.6) is 0 Å². The van der Waals surface area contributed by atoms with Crippen molar-refractivity contribution in [2.75, 3.05) is 5.32 Å². The third-order valence-corrected chi connectivity index (χ3v) is 2.58. The van der Waals surface area contributed by atoms with E-state index in [1.54, 1.807) is 0 Å². The third-order valence-electron chi connectivity index (χ3n) is 2.58. The van der Waals surface area contributed by atoms with E-state index in [1.165, 1.54) is 5.56 Å². The van der Waals surface area contributed by atoms with Gasteiger partial charge in [0.05, 0.1) is 6.61 Å². The highest BCUT2D eigenvalue weighted by Crippen LogP contribution is 2.16. The van der Waals surface area contributed by atoms with Crippen molar-refractivity contribution in [3.63, 3.8) is 0 Å². The summed E-state index contributed by atoms with van der Waals surface area (Å²) in [6, 6.07) is 18.3. The van der Waals surface area contributed by atoms with E-state index >= 15 is 0 Å². The summed E-state index contributed by atoms with van der Waals surface area (Å²) < 4.78 is 0. The van der Waals surface area contributed by atoms with Crippen LogP contribution in [0.25, 0.3) is 0 Å². The smallest absolute Gasteiger partial charge is 0.0949 e. The van der Waals surface area contributed by atoms with E-state index in [-0.39, 0.29) is 0 Å². The zero-order valence-corrected chi connectivity index (χ0v) is 9.60. The molecule has 3 heteroatoms. The summed E-state index contributed by atoms with van der Waals surface area (Å²) in [4.78, 5) is 4.68. The van der Waals surface area contributed by atoms with Gasteiger partial charge < -0.3 is 5.32 Å². The minimum Gasteiger partial charge on any atom is -0.381 e.